The van der Waals surface area contributed by atoms with Gasteiger partial charge in [0.2, 0.25) is 5.82 Å². The molecule has 1 amide bonds. The SMILES string of the molecule is O=C(NCc1ccc(Oc2ccc(F)cc2)cc1)c1nccn1-c1ncc(Cl)cc1Cl. The number of pyridine rings is 1. The van der Waals surface area contributed by atoms with E-state index >= 15 is 0 Å². The van der Waals surface area contributed by atoms with Crippen molar-refractivity contribution in [2.24, 2.45) is 0 Å². The zero-order chi connectivity index (χ0) is 21.8. The summed E-state index contributed by atoms with van der Waals surface area (Å²) < 4.78 is 20.1. The zero-order valence-electron chi connectivity index (χ0n) is 15.9. The first-order chi connectivity index (χ1) is 15.0. The highest BCUT2D eigenvalue weighted by Gasteiger charge is 2.16. The van der Waals surface area contributed by atoms with E-state index in [1.54, 1.807) is 36.5 Å². The molecule has 0 spiro atoms. The minimum atomic E-state index is -0.385. The van der Waals surface area contributed by atoms with Gasteiger partial charge in [-0.2, -0.15) is 0 Å². The van der Waals surface area contributed by atoms with Gasteiger partial charge in [0.05, 0.1) is 10.0 Å². The van der Waals surface area contributed by atoms with Gasteiger partial charge in [0.1, 0.15) is 17.3 Å². The van der Waals surface area contributed by atoms with Crippen LogP contribution in [-0.4, -0.2) is 20.4 Å². The molecule has 4 rings (SSSR count). The molecule has 0 saturated carbocycles. The molecule has 2 aromatic carbocycles. The predicted octanol–water partition coefficient (Wildman–Crippen LogP) is 5.44. The molecular weight excluding hydrogens is 442 g/mol. The first-order valence-corrected chi connectivity index (χ1v) is 9.90. The Hall–Kier alpha value is -3.42. The Morgan fingerprint density at radius 3 is 2.39 bits per heavy atom. The van der Waals surface area contributed by atoms with Crippen molar-refractivity contribution in [2.45, 2.75) is 6.54 Å². The van der Waals surface area contributed by atoms with Gasteiger partial charge >= 0.3 is 0 Å². The molecule has 0 atom stereocenters. The molecule has 31 heavy (non-hydrogen) atoms. The normalized spacial score (nSPS) is 10.7. The lowest BCUT2D eigenvalue weighted by Crippen LogP contribution is -2.26. The van der Waals surface area contributed by atoms with E-state index in [-0.39, 0.29) is 24.1 Å². The van der Waals surface area contributed by atoms with E-state index in [1.165, 1.54) is 29.1 Å². The number of rotatable bonds is 6. The first kappa shape index (κ1) is 20.8. The van der Waals surface area contributed by atoms with Crippen molar-refractivity contribution < 1.29 is 13.9 Å². The van der Waals surface area contributed by atoms with E-state index in [0.29, 0.717) is 27.4 Å². The van der Waals surface area contributed by atoms with Crippen LogP contribution in [0.25, 0.3) is 5.82 Å². The highest BCUT2D eigenvalue weighted by Crippen LogP contribution is 2.23. The van der Waals surface area contributed by atoms with E-state index in [2.05, 4.69) is 15.3 Å². The summed E-state index contributed by atoms with van der Waals surface area (Å²) in [6.45, 7) is 0.282. The van der Waals surface area contributed by atoms with Gasteiger partial charge in [-0.25, -0.2) is 14.4 Å². The van der Waals surface area contributed by atoms with Crippen LogP contribution in [0.1, 0.15) is 16.2 Å². The summed E-state index contributed by atoms with van der Waals surface area (Å²) in [6, 6.07) is 14.5. The fourth-order valence-electron chi connectivity index (χ4n) is 2.80. The summed E-state index contributed by atoms with van der Waals surface area (Å²) in [5.74, 6) is 0.922. The van der Waals surface area contributed by atoms with E-state index in [0.717, 1.165) is 5.56 Å². The van der Waals surface area contributed by atoms with Crippen molar-refractivity contribution in [3.63, 3.8) is 0 Å². The van der Waals surface area contributed by atoms with Gasteiger partial charge in [-0.3, -0.25) is 9.36 Å². The van der Waals surface area contributed by atoms with Crippen molar-refractivity contribution in [1.82, 2.24) is 19.9 Å². The maximum absolute atomic E-state index is 13.0. The molecule has 0 aliphatic rings. The topological polar surface area (TPSA) is 69.0 Å². The molecule has 1 N–H and O–H groups in total. The quantitative estimate of drug-likeness (QED) is 0.419. The Balaban J connectivity index is 1.40. The number of aromatic nitrogens is 3. The summed E-state index contributed by atoms with van der Waals surface area (Å²) >= 11 is 12.1. The minimum absolute atomic E-state index is 0.146. The molecule has 0 bridgehead atoms. The molecule has 4 aromatic rings. The number of hydrogen-bond donors (Lipinski definition) is 1. The number of hydrogen-bond acceptors (Lipinski definition) is 4. The Bertz CT molecular complexity index is 1210. The molecule has 9 heteroatoms. The number of amides is 1. The number of nitrogens with zero attached hydrogens (tertiary/aromatic N) is 3. The van der Waals surface area contributed by atoms with Gasteiger partial charge in [-0.1, -0.05) is 35.3 Å². The van der Waals surface area contributed by atoms with Crippen LogP contribution in [0.5, 0.6) is 11.5 Å². The van der Waals surface area contributed by atoms with Gasteiger partial charge in [0.25, 0.3) is 5.91 Å². The van der Waals surface area contributed by atoms with Gasteiger partial charge < -0.3 is 10.1 Å². The van der Waals surface area contributed by atoms with Crippen molar-refractivity contribution >= 4 is 29.1 Å². The largest absolute Gasteiger partial charge is 0.457 e. The van der Waals surface area contributed by atoms with Crippen LogP contribution in [0.2, 0.25) is 10.0 Å². The average molecular weight is 457 g/mol. The predicted molar refractivity (Wildman–Crippen MR) is 115 cm³/mol. The molecule has 0 saturated heterocycles. The van der Waals surface area contributed by atoms with Crippen LogP contribution in [0, 0.1) is 5.82 Å². The Morgan fingerprint density at radius 1 is 1.03 bits per heavy atom. The van der Waals surface area contributed by atoms with Gasteiger partial charge in [-0.05, 0) is 48.0 Å². The molecular formula is C22H15Cl2FN4O2. The van der Waals surface area contributed by atoms with Crippen molar-refractivity contribution in [2.75, 3.05) is 0 Å². The molecule has 0 radical (unpaired) electrons. The molecule has 0 aliphatic carbocycles. The summed E-state index contributed by atoms with van der Waals surface area (Å²) in [7, 11) is 0. The molecule has 0 fully saturated rings. The van der Waals surface area contributed by atoms with Crippen molar-refractivity contribution in [3.05, 3.63) is 100 Å². The molecule has 0 unspecified atom stereocenters. The minimum Gasteiger partial charge on any atom is -0.457 e. The van der Waals surface area contributed by atoms with Crippen LogP contribution < -0.4 is 10.1 Å². The lowest BCUT2D eigenvalue weighted by molar-refractivity contribution is 0.0938. The summed E-state index contributed by atoms with van der Waals surface area (Å²) in [5.41, 5.74) is 0.862. The van der Waals surface area contributed by atoms with Crippen LogP contribution in [0.4, 0.5) is 4.39 Å². The van der Waals surface area contributed by atoms with Crippen LogP contribution >= 0.6 is 23.2 Å². The van der Waals surface area contributed by atoms with Gasteiger partial charge in [0.15, 0.2) is 5.82 Å². The fourth-order valence-corrected chi connectivity index (χ4v) is 3.27. The van der Waals surface area contributed by atoms with E-state index in [1.807, 2.05) is 12.1 Å². The number of carbonyl (C=O) groups is 1. The van der Waals surface area contributed by atoms with E-state index < -0.39 is 0 Å². The maximum atomic E-state index is 13.0. The van der Waals surface area contributed by atoms with Crippen molar-refractivity contribution in [1.29, 1.82) is 0 Å². The second kappa shape index (κ2) is 9.16. The number of imidazole rings is 1. The highest BCUT2D eigenvalue weighted by molar-refractivity contribution is 6.35. The standard InChI is InChI=1S/C22H15Cl2FN4O2/c23-15-11-19(24)20(27-13-15)29-10-9-26-21(29)22(30)28-12-14-1-5-17(6-2-14)31-18-7-3-16(25)4-8-18/h1-11,13H,12H2,(H,28,30). The second-order valence-corrected chi connectivity index (χ2v) is 7.31. The Morgan fingerprint density at radius 2 is 1.71 bits per heavy atom. The second-order valence-electron chi connectivity index (χ2n) is 6.46. The molecule has 2 aromatic heterocycles. The summed E-state index contributed by atoms with van der Waals surface area (Å²) in [6.07, 6.45) is 4.53. The molecule has 156 valence electrons. The Labute approximate surface area is 187 Å². The third kappa shape index (κ3) is 5.02. The summed E-state index contributed by atoms with van der Waals surface area (Å²) in [5, 5.41) is 3.51. The lowest BCUT2D eigenvalue weighted by Gasteiger charge is -2.10. The van der Waals surface area contributed by atoms with E-state index in [9.17, 15) is 9.18 Å². The highest BCUT2D eigenvalue weighted by atomic mass is 35.5. The fraction of sp³-hybridized carbons (Fsp3) is 0.0455. The third-order valence-electron chi connectivity index (χ3n) is 4.29. The number of carbonyl (C=O) groups excluding carboxylic acids is 1. The van der Waals surface area contributed by atoms with Gasteiger partial charge in [0, 0.05) is 25.1 Å². The molecule has 2 heterocycles. The molecule has 6 nitrogen and oxygen atoms in total. The molecule has 0 aliphatic heterocycles. The third-order valence-corrected chi connectivity index (χ3v) is 4.77. The van der Waals surface area contributed by atoms with Crippen LogP contribution in [0.3, 0.4) is 0 Å². The number of ether oxygens (including phenoxy) is 1. The van der Waals surface area contributed by atoms with Gasteiger partial charge in [-0.15, -0.1) is 0 Å². The van der Waals surface area contributed by atoms with Crippen LogP contribution in [0.15, 0.2) is 73.2 Å². The first-order valence-electron chi connectivity index (χ1n) is 9.15. The number of nitrogens with one attached hydrogen (secondary N) is 1. The summed E-state index contributed by atoms with van der Waals surface area (Å²) in [4.78, 5) is 20.9. The number of halogens is 3. The van der Waals surface area contributed by atoms with Crippen LogP contribution in [-0.2, 0) is 6.54 Å². The van der Waals surface area contributed by atoms with E-state index in [4.69, 9.17) is 27.9 Å². The monoisotopic (exact) mass is 456 g/mol. The maximum Gasteiger partial charge on any atom is 0.287 e. The Kier molecular flexibility index (Phi) is 6.16. The zero-order valence-corrected chi connectivity index (χ0v) is 17.4. The van der Waals surface area contributed by atoms with Crippen molar-refractivity contribution in [3.8, 4) is 17.3 Å². The smallest absolute Gasteiger partial charge is 0.287 e. The lowest BCUT2D eigenvalue weighted by atomic mass is 10.2. The average Bonchev–Trinajstić information content (AvgIpc) is 3.24. The number of benzene rings is 2.